The maximum absolute atomic E-state index is 13.1. The maximum atomic E-state index is 13.1. The van der Waals surface area contributed by atoms with Crippen LogP contribution in [0.25, 0.3) is 11.1 Å². The molecule has 14 heteroatoms. The van der Waals surface area contributed by atoms with Crippen LogP contribution in [0.15, 0.2) is 125 Å². The lowest BCUT2D eigenvalue weighted by molar-refractivity contribution is -0.496. The fraction of sp³-hybridized carbons (Fsp3) is 0.205. The Bertz CT molecular complexity index is 2140. The minimum Gasteiger partial charge on any atom is -0.630 e. The van der Waals surface area contributed by atoms with E-state index >= 15 is 0 Å². The largest absolute Gasteiger partial charge is 0.630 e. The molecule has 1 aliphatic heterocycles. The number of benzene rings is 4. The smallest absolute Gasteiger partial charge is 0.339 e. The number of methoxy groups -OCH3 is 1. The van der Waals surface area contributed by atoms with Crippen molar-refractivity contribution >= 4 is 50.7 Å². The molecule has 4 N–H and O–H groups in total. The molecule has 1 saturated heterocycles. The van der Waals surface area contributed by atoms with Gasteiger partial charge in [-0.15, -0.1) is 11.8 Å². The standard InChI is InChI=1S/C39H40N6O6S2/c1-51-39(47)31-23-30(25-40-26-31)35-10-6-5-7-29(35)27-44-18-20-45(21-19-44)32-13-11-28(12-14-32)38(46)43-53(49,50)34-15-16-36(37(24-34)42-48)41-17-22-52-33-8-3-2-4-9-33/h2-16,23-26,41H,17-22,27,42H2,1H3,(H,43,46). The van der Waals surface area contributed by atoms with E-state index in [2.05, 4.69) is 30.9 Å². The highest BCUT2D eigenvalue weighted by Crippen LogP contribution is 2.27. The molecule has 0 atom stereocenters. The third-order valence-electron chi connectivity index (χ3n) is 8.87. The Morgan fingerprint density at radius 3 is 2.36 bits per heavy atom. The number of esters is 1. The lowest BCUT2D eigenvalue weighted by Crippen LogP contribution is -2.70. The summed E-state index contributed by atoms with van der Waals surface area (Å²) in [7, 11) is -2.89. The zero-order chi connectivity index (χ0) is 37.2. The van der Waals surface area contributed by atoms with Crippen molar-refractivity contribution in [2.75, 3.05) is 55.8 Å². The molecular formula is C39H40N6O6S2. The molecule has 1 aliphatic rings. The molecule has 0 saturated carbocycles. The number of aromatic nitrogens is 1. The van der Waals surface area contributed by atoms with Gasteiger partial charge in [-0.1, -0.05) is 42.5 Å². The fourth-order valence-corrected chi connectivity index (χ4v) is 7.86. The number of piperazine rings is 1. The fourth-order valence-electron chi connectivity index (χ4n) is 6.06. The van der Waals surface area contributed by atoms with Crippen molar-refractivity contribution in [2.24, 2.45) is 0 Å². The first-order valence-corrected chi connectivity index (χ1v) is 19.5. The summed E-state index contributed by atoms with van der Waals surface area (Å²) in [6.07, 6.45) is 3.24. The molecule has 2 heterocycles. The van der Waals surface area contributed by atoms with Gasteiger partial charge in [0.2, 0.25) is 0 Å². The van der Waals surface area contributed by atoms with Gasteiger partial charge in [0.1, 0.15) is 0 Å². The van der Waals surface area contributed by atoms with E-state index in [1.165, 1.54) is 31.5 Å². The van der Waals surface area contributed by atoms with E-state index in [9.17, 15) is 23.2 Å². The van der Waals surface area contributed by atoms with Gasteiger partial charge in [-0.05, 0) is 65.7 Å². The Balaban J connectivity index is 1.01. The number of hydrogen-bond donors (Lipinski definition) is 3. The highest BCUT2D eigenvalue weighted by Gasteiger charge is 2.23. The van der Waals surface area contributed by atoms with E-state index in [-0.39, 0.29) is 16.1 Å². The van der Waals surface area contributed by atoms with E-state index < -0.39 is 21.9 Å². The average Bonchev–Trinajstić information content (AvgIpc) is 3.20. The Morgan fingerprint density at radius 1 is 0.887 bits per heavy atom. The highest BCUT2D eigenvalue weighted by molar-refractivity contribution is 7.99. The summed E-state index contributed by atoms with van der Waals surface area (Å²) < 4.78 is 33.3. The number of nitrogens with one attached hydrogen (secondary N) is 2. The molecule has 6 rings (SSSR count). The zero-order valence-corrected chi connectivity index (χ0v) is 30.7. The SMILES string of the molecule is COC(=O)c1cncc(-c2ccccc2CN2CCN(c3ccc(C(=O)NS(=O)(=O)c4ccc(NCCSc5ccccc5)c([NH2+][O-])c4)cc3)CC2)c1. The molecule has 0 aliphatic carbocycles. The van der Waals surface area contributed by atoms with Gasteiger partial charge in [0.25, 0.3) is 15.9 Å². The van der Waals surface area contributed by atoms with Gasteiger partial charge in [-0.25, -0.2) is 17.9 Å². The lowest BCUT2D eigenvalue weighted by atomic mass is 9.99. The zero-order valence-electron chi connectivity index (χ0n) is 29.1. The summed E-state index contributed by atoms with van der Waals surface area (Å²) in [6.45, 7) is 4.42. The topological polar surface area (TPSA) is 161 Å². The molecule has 1 fully saturated rings. The summed E-state index contributed by atoms with van der Waals surface area (Å²) in [5.74, 6) is -0.446. The second-order valence-corrected chi connectivity index (χ2v) is 15.2. The van der Waals surface area contributed by atoms with Crippen LogP contribution < -0.4 is 20.4 Å². The number of ether oxygens (including phenoxy) is 1. The summed E-state index contributed by atoms with van der Waals surface area (Å²) in [5, 5.41) is 15.0. The number of amides is 1. The summed E-state index contributed by atoms with van der Waals surface area (Å²) in [4.78, 5) is 34.9. The van der Waals surface area contributed by atoms with Crippen LogP contribution in [-0.2, 0) is 21.3 Å². The predicted molar refractivity (Wildman–Crippen MR) is 207 cm³/mol. The van der Waals surface area contributed by atoms with Crippen molar-refractivity contribution in [2.45, 2.75) is 16.3 Å². The van der Waals surface area contributed by atoms with Crippen LogP contribution in [0.5, 0.6) is 0 Å². The van der Waals surface area contributed by atoms with Gasteiger partial charge in [-0.3, -0.25) is 14.7 Å². The van der Waals surface area contributed by atoms with Crippen molar-refractivity contribution in [3.63, 3.8) is 0 Å². The third-order valence-corrected chi connectivity index (χ3v) is 11.2. The van der Waals surface area contributed by atoms with Crippen LogP contribution in [0.1, 0.15) is 26.3 Å². The Labute approximate surface area is 313 Å². The number of thioether (sulfide) groups is 1. The van der Waals surface area contributed by atoms with Gasteiger partial charge >= 0.3 is 5.97 Å². The molecule has 0 radical (unpaired) electrons. The van der Waals surface area contributed by atoms with Crippen molar-refractivity contribution < 1.29 is 28.2 Å². The number of nitrogens with zero attached hydrogens (tertiary/aromatic N) is 3. The number of quaternary nitrogens is 1. The van der Waals surface area contributed by atoms with Gasteiger partial charge in [0.05, 0.1) is 23.3 Å². The normalized spacial score (nSPS) is 13.4. The highest BCUT2D eigenvalue weighted by atomic mass is 32.2. The van der Waals surface area contributed by atoms with Crippen molar-refractivity contribution in [3.05, 3.63) is 137 Å². The number of anilines is 2. The lowest BCUT2D eigenvalue weighted by Gasteiger charge is -2.36. The van der Waals surface area contributed by atoms with Gasteiger partial charge in [0.15, 0.2) is 5.69 Å². The molecule has 1 amide bonds. The summed E-state index contributed by atoms with van der Waals surface area (Å²) in [5.41, 5.74) is 5.79. The van der Waals surface area contributed by atoms with Gasteiger partial charge < -0.3 is 25.6 Å². The average molecular weight is 753 g/mol. The van der Waals surface area contributed by atoms with Crippen molar-refractivity contribution in [1.82, 2.24) is 14.6 Å². The van der Waals surface area contributed by atoms with E-state index in [4.69, 9.17) is 4.74 Å². The van der Waals surface area contributed by atoms with Gasteiger partial charge in [0, 0.05) is 85.2 Å². The number of rotatable bonds is 14. The number of pyridine rings is 1. The summed E-state index contributed by atoms with van der Waals surface area (Å²) in [6, 6.07) is 30.8. The number of nitrogens with two attached hydrogens (primary N) is 1. The van der Waals surface area contributed by atoms with Crippen LogP contribution in [0.4, 0.5) is 17.1 Å². The predicted octanol–water partition coefficient (Wildman–Crippen LogP) is 4.87. The second-order valence-electron chi connectivity index (χ2n) is 12.3. The van der Waals surface area contributed by atoms with Crippen molar-refractivity contribution in [1.29, 1.82) is 0 Å². The number of sulfonamides is 1. The molecule has 0 spiro atoms. The van der Waals surface area contributed by atoms with Crippen LogP contribution in [-0.4, -0.2) is 75.8 Å². The first kappa shape index (κ1) is 37.5. The molecule has 12 nitrogen and oxygen atoms in total. The Morgan fingerprint density at radius 2 is 1.62 bits per heavy atom. The third kappa shape index (κ3) is 9.60. The van der Waals surface area contributed by atoms with Gasteiger partial charge in [-0.2, -0.15) is 0 Å². The first-order chi connectivity index (χ1) is 25.7. The molecular weight excluding hydrogens is 713 g/mol. The van der Waals surface area contributed by atoms with E-state index in [0.717, 1.165) is 65.7 Å². The molecule has 0 bridgehead atoms. The van der Waals surface area contributed by atoms with E-state index in [0.29, 0.717) is 23.3 Å². The van der Waals surface area contributed by atoms with E-state index in [1.807, 2.05) is 60.7 Å². The van der Waals surface area contributed by atoms with Crippen LogP contribution in [0.2, 0.25) is 0 Å². The Hall–Kier alpha value is -5.25. The van der Waals surface area contributed by atoms with Crippen LogP contribution in [0.3, 0.4) is 0 Å². The van der Waals surface area contributed by atoms with Crippen LogP contribution in [0, 0.1) is 5.21 Å². The Kier molecular flexibility index (Phi) is 12.4. The van der Waals surface area contributed by atoms with Crippen molar-refractivity contribution in [3.8, 4) is 11.1 Å². The molecule has 5 aromatic rings. The number of carbonyl (C=O) groups excluding carboxylic acids is 2. The molecule has 274 valence electrons. The maximum Gasteiger partial charge on any atom is 0.339 e. The first-order valence-electron chi connectivity index (χ1n) is 17.0. The minimum absolute atomic E-state index is 0.180. The number of hydrogen-bond acceptors (Lipinski definition) is 11. The molecule has 0 unspecified atom stereocenters. The monoisotopic (exact) mass is 752 g/mol. The van der Waals surface area contributed by atoms with E-state index in [1.54, 1.807) is 36.2 Å². The molecule has 4 aromatic carbocycles. The molecule has 1 aromatic heterocycles. The molecule has 53 heavy (non-hydrogen) atoms. The van der Waals surface area contributed by atoms with Crippen LogP contribution >= 0.6 is 11.8 Å². The minimum atomic E-state index is -4.24. The summed E-state index contributed by atoms with van der Waals surface area (Å²) >= 11 is 1.66. The quantitative estimate of drug-likeness (QED) is 0.0467. The number of carbonyl (C=O) groups is 2. The second kappa shape index (κ2) is 17.5.